The van der Waals surface area contributed by atoms with Gasteiger partial charge in [0.2, 0.25) is 0 Å². The molecular weight excluding hydrogens is 218 g/mol. The molecule has 92 valence electrons. The van der Waals surface area contributed by atoms with Gasteiger partial charge in [0, 0.05) is 12.0 Å². The molecule has 1 heterocycles. The highest BCUT2D eigenvalue weighted by molar-refractivity contribution is 6.00. The van der Waals surface area contributed by atoms with Crippen molar-refractivity contribution in [3.63, 3.8) is 0 Å². The number of ether oxygens (including phenoxy) is 2. The standard InChI is InChI=1S/C12H17N3O2/c1-3-16-11-5-8-4-7(2)17-10(8)6-9(11)12(13)15-14/h5-7H,3-4,14H2,1-2H3,(H2,13,15). The summed E-state index contributed by atoms with van der Waals surface area (Å²) in [5.41, 5.74) is 7.56. The second-order valence-electron chi connectivity index (χ2n) is 4.04. The van der Waals surface area contributed by atoms with Crippen LogP contribution in [0.5, 0.6) is 11.5 Å². The number of rotatable bonds is 3. The molecule has 5 nitrogen and oxygen atoms in total. The molecule has 0 saturated carbocycles. The van der Waals surface area contributed by atoms with E-state index in [0.29, 0.717) is 17.9 Å². The van der Waals surface area contributed by atoms with Crippen molar-refractivity contribution in [1.82, 2.24) is 0 Å². The highest BCUT2D eigenvalue weighted by Crippen LogP contribution is 2.34. The third kappa shape index (κ3) is 2.13. The lowest BCUT2D eigenvalue weighted by atomic mass is 10.1. The summed E-state index contributed by atoms with van der Waals surface area (Å²) in [4.78, 5) is 0. The van der Waals surface area contributed by atoms with Gasteiger partial charge in [0.25, 0.3) is 0 Å². The molecule has 0 radical (unpaired) electrons. The molecule has 1 atom stereocenters. The van der Waals surface area contributed by atoms with Gasteiger partial charge in [0.05, 0.1) is 12.2 Å². The summed E-state index contributed by atoms with van der Waals surface area (Å²) in [6.45, 7) is 4.52. The van der Waals surface area contributed by atoms with Gasteiger partial charge < -0.3 is 21.1 Å². The number of benzene rings is 1. The van der Waals surface area contributed by atoms with Crippen molar-refractivity contribution in [3.05, 3.63) is 23.3 Å². The van der Waals surface area contributed by atoms with Gasteiger partial charge in [-0.05, 0) is 26.0 Å². The Balaban J connectivity index is 2.47. The summed E-state index contributed by atoms with van der Waals surface area (Å²) in [6, 6.07) is 3.80. The van der Waals surface area contributed by atoms with Crippen LogP contribution in [-0.4, -0.2) is 18.5 Å². The van der Waals surface area contributed by atoms with Gasteiger partial charge in [-0.1, -0.05) is 0 Å². The van der Waals surface area contributed by atoms with Crippen LogP contribution in [0.2, 0.25) is 0 Å². The first kappa shape index (κ1) is 11.6. The minimum Gasteiger partial charge on any atom is -0.493 e. The van der Waals surface area contributed by atoms with Crippen LogP contribution in [0, 0.1) is 0 Å². The third-order valence-electron chi connectivity index (χ3n) is 2.71. The minimum absolute atomic E-state index is 0.186. The second kappa shape index (κ2) is 4.53. The Hall–Kier alpha value is -1.91. The second-order valence-corrected chi connectivity index (χ2v) is 4.04. The molecule has 1 unspecified atom stereocenters. The van der Waals surface area contributed by atoms with Crippen molar-refractivity contribution in [2.45, 2.75) is 26.4 Å². The maximum absolute atomic E-state index is 5.74. The number of nitrogens with zero attached hydrogens (tertiary/aromatic N) is 1. The lowest BCUT2D eigenvalue weighted by molar-refractivity contribution is 0.254. The highest BCUT2D eigenvalue weighted by atomic mass is 16.5. The minimum atomic E-state index is 0.186. The van der Waals surface area contributed by atoms with E-state index in [0.717, 1.165) is 17.7 Å². The molecule has 0 aromatic heterocycles. The van der Waals surface area contributed by atoms with E-state index < -0.39 is 0 Å². The maximum atomic E-state index is 5.74. The average Bonchev–Trinajstić information content (AvgIpc) is 2.66. The van der Waals surface area contributed by atoms with Gasteiger partial charge in [-0.25, -0.2) is 0 Å². The number of hydrazone groups is 1. The third-order valence-corrected chi connectivity index (χ3v) is 2.71. The van der Waals surface area contributed by atoms with Crippen LogP contribution < -0.4 is 21.1 Å². The van der Waals surface area contributed by atoms with Crippen LogP contribution in [0.3, 0.4) is 0 Å². The zero-order valence-electron chi connectivity index (χ0n) is 10.1. The lowest BCUT2D eigenvalue weighted by Gasteiger charge is -2.11. The molecule has 0 amide bonds. The Morgan fingerprint density at radius 2 is 2.35 bits per heavy atom. The van der Waals surface area contributed by atoms with Crippen molar-refractivity contribution < 1.29 is 9.47 Å². The quantitative estimate of drug-likeness (QED) is 0.354. The first-order chi connectivity index (χ1) is 8.15. The van der Waals surface area contributed by atoms with E-state index in [2.05, 4.69) is 5.10 Å². The molecule has 17 heavy (non-hydrogen) atoms. The molecule has 5 heteroatoms. The van der Waals surface area contributed by atoms with Crippen molar-refractivity contribution in [2.24, 2.45) is 16.7 Å². The van der Waals surface area contributed by atoms with Crippen molar-refractivity contribution in [2.75, 3.05) is 6.61 Å². The van der Waals surface area contributed by atoms with Gasteiger partial charge in [-0.2, -0.15) is 5.10 Å². The smallest absolute Gasteiger partial charge is 0.154 e. The number of nitrogens with two attached hydrogens (primary N) is 2. The average molecular weight is 235 g/mol. The number of amidine groups is 1. The predicted octanol–water partition coefficient (Wildman–Crippen LogP) is 0.988. The van der Waals surface area contributed by atoms with E-state index in [1.807, 2.05) is 26.0 Å². The maximum Gasteiger partial charge on any atom is 0.154 e. The van der Waals surface area contributed by atoms with Gasteiger partial charge in [0.1, 0.15) is 17.6 Å². The fourth-order valence-electron chi connectivity index (χ4n) is 1.98. The zero-order chi connectivity index (χ0) is 12.4. The zero-order valence-corrected chi connectivity index (χ0v) is 10.1. The van der Waals surface area contributed by atoms with Gasteiger partial charge in [0.15, 0.2) is 5.84 Å². The van der Waals surface area contributed by atoms with Crippen LogP contribution in [0.25, 0.3) is 0 Å². The molecular formula is C12H17N3O2. The summed E-state index contributed by atoms with van der Waals surface area (Å²) in [5, 5.41) is 3.51. The molecule has 0 spiro atoms. The summed E-state index contributed by atoms with van der Waals surface area (Å²) in [7, 11) is 0. The SMILES string of the molecule is CCOc1cc2c(cc1/C(N)=N/N)OC(C)C2. The van der Waals surface area contributed by atoms with Gasteiger partial charge in [-0.3, -0.25) is 0 Å². The van der Waals surface area contributed by atoms with Crippen molar-refractivity contribution in [1.29, 1.82) is 0 Å². The van der Waals surface area contributed by atoms with Crippen LogP contribution in [0.15, 0.2) is 17.2 Å². The van der Waals surface area contributed by atoms with E-state index in [-0.39, 0.29) is 11.9 Å². The Bertz CT molecular complexity index is 457. The Morgan fingerprint density at radius 3 is 3.00 bits per heavy atom. The molecule has 0 aliphatic carbocycles. The normalized spacial score (nSPS) is 18.7. The summed E-state index contributed by atoms with van der Waals surface area (Å²) >= 11 is 0. The summed E-state index contributed by atoms with van der Waals surface area (Å²) in [5.74, 6) is 7.00. The molecule has 1 aromatic rings. The van der Waals surface area contributed by atoms with Crippen molar-refractivity contribution in [3.8, 4) is 11.5 Å². The number of hydrogen-bond acceptors (Lipinski definition) is 4. The fourth-order valence-corrected chi connectivity index (χ4v) is 1.98. The molecule has 1 aliphatic heterocycles. The van der Waals surface area contributed by atoms with E-state index in [1.54, 1.807) is 0 Å². The summed E-state index contributed by atoms with van der Waals surface area (Å²) < 4.78 is 11.2. The Morgan fingerprint density at radius 1 is 1.59 bits per heavy atom. The first-order valence-corrected chi connectivity index (χ1v) is 5.65. The van der Waals surface area contributed by atoms with Crippen LogP contribution in [0.1, 0.15) is 25.0 Å². The molecule has 1 aliphatic rings. The molecule has 0 bridgehead atoms. The number of hydrogen-bond donors (Lipinski definition) is 2. The topological polar surface area (TPSA) is 82.9 Å². The fraction of sp³-hybridized carbons (Fsp3) is 0.417. The van der Waals surface area contributed by atoms with E-state index >= 15 is 0 Å². The molecule has 2 rings (SSSR count). The van der Waals surface area contributed by atoms with Crippen LogP contribution >= 0.6 is 0 Å². The van der Waals surface area contributed by atoms with E-state index in [1.165, 1.54) is 0 Å². The monoisotopic (exact) mass is 235 g/mol. The van der Waals surface area contributed by atoms with Crippen LogP contribution in [-0.2, 0) is 6.42 Å². The predicted molar refractivity (Wildman–Crippen MR) is 66.3 cm³/mol. The highest BCUT2D eigenvalue weighted by Gasteiger charge is 2.22. The van der Waals surface area contributed by atoms with Gasteiger partial charge in [-0.15, -0.1) is 0 Å². The Labute approximate surface area is 100 Å². The molecule has 0 saturated heterocycles. The van der Waals surface area contributed by atoms with E-state index in [9.17, 15) is 0 Å². The van der Waals surface area contributed by atoms with Crippen molar-refractivity contribution >= 4 is 5.84 Å². The first-order valence-electron chi connectivity index (χ1n) is 5.65. The lowest BCUT2D eigenvalue weighted by Crippen LogP contribution is -2.17. The number of fused-ring (bicyclic) bond motifs is 1. The largest absolute Gasteiger partial charge is 0.493 e. The Kier molecular flexibility index (Phi) is 3.08. The molecule has 1 aromatic carbocycles. The van der Waals surface area contributed by atoms with Crippen LogP contribution in [0.4, 0.5) is 0 Å². The van der Waals surface area contributed by atoms with E-state index in [4.69, 9.17) is 21.1 Å². The van der Waals surface area contributed by atoms with Gasteiger partial charge >= 0.3 is 0 Å². The summed E-state index contributed by atoms with van der Waals surface area (Å²) in [6.07, 6.45) is 1.07. The molecule has 4 N–H and O–H groups in total. The molecule has 0 fully saturated rings.